The molecule has 1 aromatic heterocycles. The second-order valence-corrected chi connectivity index (χ2v) is 6.27. The average Bonchev–Trinajstić information content (AvgIpc) is 2.98. The zero-order valence-electron chi connectivity index (χ0n) is 12.2. The third kappa shape index (κ3) is 2.38. The number of ether oxygens (including phenoxy) is 1. The van der Waals surface area contributed by atoms with E-state index < -0.39 is 6.09 Å². The molecule has 0 saturated heterocycles. The number of hydrogen-bond donors (Lipinski definition) is 2. The van der Waals surface area contributed by atoms with Gasteiger partial charge in [-0.2, -0.15) is 0 Å². The minimum absolute atomic E-state index is 0.217. The molecule has 1 aromatic carbocycles. The first-order valence-corrected chi connectivity index (χ1v) is 7.58. The normalized spacial score (nSPS) is 18.7. The second-order valence-electron chi connectivity index (χ2n) is 5.89. The first-order chi connectivity index (χ1) is 9.99. The topological polar surface area (TPSA) is 68.1 Å². The van der Waals surface area contributed by atoms with Crippen LogP contribution in [0.5, 0.6) is 0 Å². The van der Waals surface area contributed by atoms with Gasteiger partial charge >= 0.3 is 6.09 Å². The lowest BCUT2D eigenvalue weighted by Crippen LogP contribution is -2.20. The van der Waals surface area contributed by atoms with Crippen LogP contribution >= 0.6 is 11.6 Å². The van der Waals surface area contributed by atoms with Gasteiger partial charge in [0.15, 0.2) is 0 Å². The van der Waals surface area contributed by atoms with Crippen molar-refractivity contribution in [2.45, 2.75) is 32.6 Å². The molecule has 0 radical (unpaired) electrons. The van der Waals surface area contributed by atoms with Crippen LogP contribution in [0.4, 0.5) is 4.79 Å². The summed E-state index contributed by atoms with van der Waals surface area (Å²) in [5, 5.41) is 1.94. The number of nitrogens with one attached hydrogen (secondary N) is 1. The number of aryl methyl sites for hydroxylation is 2. The number of carbonyl (C=O) groups is 1. The van der Waals surface area contributed by atoms with E-state index >= 15 is 0 Å². The number of H-pyrrole nitrogens is 1. The van der Waals surface area contributed by atoms with Crippen LogP contribution in [0.15, 0.2) is 12.1 Å². The van der Waals surface area contributed by atoms with Crippen LogP contribution < -0.4 is 5.73 Å². The molecule has 0 saturated carbocycles. The number of primary amides is 1. The zero-order valence-corrected chi connectivity index (χ0v) is 13.0. The molecule has 0 bridgehead atoms. The molecule has 5 heteroatoms. The molecule has 2 aromatic rings. The highest BCUT2D eigenvalue weighted by molar-refractivity contribution is 6.36. The predicted octanol–water partition coefficient (Wildman–Crippen LogP) is 3.89. The monoisotopic (exact) mass is 306 g/mol. The molecular weight excluding hydrogens is 288 g/mol. The lowest BCUT2D eigenvalue weighted by Gasteiger charge is -2.20. The number of benzene rings is 1. The van der Waals surface area contributed by atoms with Crippen LogP contribution in [0.3, 0.4) is 0 Å². The van der Waals surface area contributed by atoms with E-state index in [2.05, 4.69) is 18.0 Å². The molecule has 3 rings (SSSR count). The Labute approximate surface area is 128 Å². The lowest BCUT2D eigenvalue weighted by atomic mass is 9.88. The number of amides is 1. The van der Waals surface area contributed by atoms with Crippen molar-refractivity contribution in [3.8, 4) is 0 Å². The summed E-state index contributed by atoms with van der Waals surface area (Å²) in [5.41, 5.74) is 9.78. The van der Waals surface area contributed by atoms with E-state index in [1.165, 1.54) is 11.3 Å². The second kappa shape index (κ2) is 5.26. The number of fused-ring (bicyclic) bond motifs is 3. The number of hydrogen-bond acceptors (Lipinski definition) is 2. The highest BCUT2D eigenvalue weighted by atomic mass is 35.5. The fourth-order valence-electron chi connectivity index (χ4n) is 3.38. The van der Waals surface area contributed by atoms with Gasteiger partial charge in [0.2, 0.25) is 0 Å². The number of aromatic amines is 1. The molecule has 0 spiro atoms. The lowest BCUT2D eigenvalue weighted by molar-refractivity contribution is 0.133. The van der Waals surface area contributed by atoms with Crippen LogP contribution in [0, 0.1) is 12.8 Å². The summed E-state index contributed by atoms with van der Waals surface area (Å²) in [6.07, 6.45) is 1.34. The molecule has 2 atom stereocenters. The summed E-state index contributed by atoms with van der Waals surface area (Å²) >= 11 is 6.52. The van der Waals surface area contributed by atoms with Crippen molar-refractivity contribution in [1.82, 2.24) is 4.98 Å². The number of rotatable bonds is 3. The van der Waals surface area contributed by atoms with Gasteiger partial charge < -0.3 is 15.5 Å². The molecule has 3 N–H and O–H groups in total. The number of carbonyl (C=O) groups excluding carboxylic acids is 1. The van der Waals surface area contributed by atoms with Gasteiger partial charge in [-0.05, 0) is 48.8 Å². The first-order valence-electron chi connectivity index (χ1n) is 7.20. The standard InChI is InChI=1S/C16H19ClN2O2/c1-8-3-5-12-14(15(8)17)13-10(4-6-11(13)19-12)9(2)7-21-16(18)20/h3,5,9-10,19H,4,6-7H2,1-2H3,(H2,18,20). The van der Waals surface area contributed by atoms with Crippen LogP contribution in [-0.2, 0) is 11.2 Å². The Bertz CT molecular complexity index is 708. The van der Waals surface area contributed by atoms with Gasteiger partial charge in [-0.3, -0.25) is 0 Å². The first kappa shape index (κ1) is 14.3. The van der Waals surface area contributed by atoms with E-state index in [1.807, 2.05) is 13.0 Å². The highest BCUT2D eigenvalue weighted by Gasteiger charge is 2.32. The third-order valence-electron chi connectivity index (χ3n) is 4.47. The maximum absolute atomic E-state index is 10.8. The van der Waals surface area contributed by atoms with E-state index in [1.54, 1.807) is 0 Å². The van der Waals surface area contributed by atoms with Crippen molar-refractivity contribution in [2.75, 3.05) is 6.61 Å². The van der Waals surface area contributed by atoms with E-state index in [-0.39, 0.29) is 5.92 Å². The fraction of sp³-hybridized carbons (Fsp3) is 0.438. The van der Waals surface area contributed by atoms with Crippen molar-refractivity contribution in [2.24, 2.45) is 11.7 Å². The van der Waals surface area contributed by atoms with Gasteiger partial charge in [0.25, 0.3) is 0 Å². The van der Waals surface area contributed by atoms with Crippen molar-refractivity contribution < 1.29 is 9.53 Å². The quantitative estimate of drug-likeness (QED) is 0.903. The van der Waals surface area contributed by atoms with Gasteiger partial charge in [-0.1, -0.05) is 24.6 Å². The van der Waals surface area contributed by atoms with Crippen molar-refractivity contribution in [1.29, 1.82) is 0 Å². The van der Waals surface area contributed by atoms with Crippen LogP contribution in [0.1, 0.15) is 36.1 Å². The molecule has 4 nitrogen and oxygen atoms in total. The minimum atomic E-state index is -0.715. The van der Waals surface area contributed by atoms with Gasteiger partial charge in [0, 0.05) is 16.6 Å². The summed E-state index contributed by atoms with van der Waals surface area (Å²) in [7, 11) is 0. The number of nitrogens with two attached hydrogens (primary N) is 1. The summed E-state index contributed by atoms with van der Waals surface area (Å²) in [6.45, 7) is 4.45. The van der Waals surface area contributed by atoms with E-state index in [9.17, 15) is 4.79 Å². The average molecular weight is 307 g/mol. The van der Waals surface area contributed by atoms with Gasteiger partial charge in [-0.25, -0.2) is 4.79 Å². The van der Waals surface area contributed by atoms with Crippen LogP contribution in [0.2, 0.25) is 5.02 Å². The Morgan fingerprint density at radius 3 is 3.05 bits per heavy atom. The largest absolute Gasteiger partial charge is 0.449 e. The molecular formula is C16H19ClN2O2. The molecule has 1 amide bonds. The molecule has 0 fully saturated rings. The maximum Gasteiger partial charge on any atom is 0.404 e. The Hall–Kier alpha value is -1.68. The molecule has 1 aliphatic rings. The number of aromatic nitrogens is 1. The highest BCUT2D eigenvalue weighted by Crippen LogP contribution is 2.45. The third-order valence-corrected chi connectivity index (χ3v) is 4.95. The zero-order chi connectivity index (χ0) is 15.1. The van der Waals surface area contributed by atoms with Crippen molar-refractivity contribution in [3.05, 3.63) is 34.0 Å². The van der Waals surface area contributed by atoms with E-state index in [0.29, 0.717) is 12.5 Å². The maximum atomic E-state index is 10.8. The van der Waals surface area contributed by atoms with Gasteiger partial charge in [0.05, 0.1) is 11.6 Å². The molecule has 21 heavy (non-hydrogen) atoms. The Kier molecular flexibility index (Phi) is 3.57. The Balaban J connectivity index is 2.00. The van der Waals surface area contributed by atoms with E-state index in [0.717, 1.165) is 34.3 Å². The van der Waals surface area contributed by atoms with Crippen LogP contribution in [-0.4, -0.2) is 17.7 Å². The van der Waals surface area contributed by atoms with Gasteiger partial charge in [0.1, 0.15) is 0 Å². The summed E-state index contributed by atoms with van der Waals surface area (Å²) < 4.78 is 4.97. The Morgan fingerprint density at radius 2 is 2.33 bits per heavy atom. The van der Waals surface area contributed by atoms with Gasteiger partial charge in [-0.15, -0.1) is 0 Å². The summed E-state index contributed by atoms with van der Waals surface area (Å²) in [6, 6.07) is 4.11. The fourth-order valence-corrected chi connectivity index (χ4v) is 3.64. The van der Waals surface area contributed by atoms with E-state index in [4.69, 9.17) is 22.1 Å². The molecule has 1 aliphatic carbocycles. The van der Waals surface area contributed by atoms with Crippen molar-refractivity contribution in [3.63, 3.8) is 0 Å². The summed E-state index contributed by atoms with van der Waals surface area (Å²) in [5.74, 6) is 0.557. The molecule has 2 unspecified atom stereocenters. The van der Waals surface area contributed by atoms with Crippen LogP contribution in [0.25, 0.3) is 10.9 Å². The molecule has 112 valence electrons. The minimum Gasteiger partial charge on any atom is -0.449 e. The Morgan fingerprint density at radius 1 is 1.57 bits per heavy atom. The molecule has 0 aliphatic heterocycles. The van der Waals surface area contributed by atoms with Crippen molar-refractivity contribution >= 4 is 28.6 Å². The molecule has 1 heterocycles. The smallest absolute Gasteiger partial charge is 0.404 e. The number of halogens is 1. The summed E-state index contributed by atoms with van der Waals surface area (Å²) in [4.78, 5) is 14.3. The SMILES string of the molecule is Cc1ccc2[nH]c3c(c2c1Cl)C(C(C)COC(N)=O)CC3. The predicted molar refractivity (Wildman–Crippen MR) is 83.8 cm³/mol.